The van der Waals surface area contributed by atoms with Crippen LogP contribution in [0.1, 0.15) is 19.8 Å². The van der Waals surface area contributed by atoms with Gasteiger partial charge in [-0.3, -0.25) is 4.79 Å². The lowest BCUT2D eigenvalue weighted by molar-refractivity contribution is -0.118. The first-order valence-corrected chi connectivity index (χ1v) is 4.97. The fourth-order valence-corrected chi connectivity index (χ4v) is 1.53. The normalized spacial score (nSPS) is 21.8. The van der Waals surface area contributed by atoms with Crippen LogP contribution in [0.3, 0.4) is 0 Å². The number of rotatable bonds is 5. The number of carbonyl (C=O) groups is 1. The minimum absolute atomic E-state index is 0.0424. The van der Waals surface area contributed by atoms with Gasteiger partial charge in [0.15, 0.2) is 0 Å². The van der Waals surface area contributed by atoms with E-state index in [4.69, 9.17) is 0 Å². The Morgan fingerprint density at radius 3 is 3.00 bits per heavy atom. The number of amides is 1. The van der Waals surface area contributed by atoms with Gasteiger partial charge in [0.05, 0.1) is 0 Å². The summed E-state index contributed by atoms with van der Waals surface area (Å²) >= 11 is 0. The Kier molecular flexibility index (Phi) is 4.78. The van der Waals surface area contributed by atoms with Gasteiger partial charge >= 0.3 is 0 Å². The standard InChI is InChI=1S/C9H19N3O/c1-8(13)11-6-5-10-7-9-3-2-4-12-9/h9-10,12H,2-7H2,1H3,(H,11,13). The average molecular weight is 185 g/mol. The maximum Gasteiger partial charge on any atom is 0.216 e. The highest BCUT2D eigenvalue weighted by Gasteiger charge is 2.12. The van der Waals surface area contributed by atoms with Gasteiger partial charge in [-0.15, -0.1) is 0 Å². The molecule has 76 valence electrons. The van der Waals surface area contributed by atoms with Crippen LogP contribution in [-0.4, -0.2) is 38.1 Å². The van der Waals surface area contributed by atoms with Crippen molar-refractivity contribution in [2.24, 2.45) is 0 Å². The smallest absolute Gasteiger partial charge is 0.216 e. The van der Waals surface area contributed by atoms with Crippen LogP contribution in [0.25, 0.3) is 0 Å². The molecule has 4 heteroatoms. The Morgan fingerprint density at radius 2 is 2.38 bits per heavy atom. The van der Waals surface area contributed by atoms with Crippen LogP contribution in [0.2, 0.25) is 0 Å². The minimum atomic E-state index is 0.0424. The largest absolute Gasteiger partial charge is 0.355 e. The molecule has 1 saturated heterocycles. The van der Waals surface area contributed by atoms with Gasteiger partial charge in [-0.05, 0) is 19.4 Å². The van der Waals surface area contributed by atoms with Gasteiger partial charge in [-0.1, -0.05) is 0 Å². The van der Waals surface area contributed by atoms with Crippen molar-refractivity contribution in [2.45, 2.75) is 25.8 Å². The molecule has 0 aromatic carbocycles. The first kappa shape index (κ1) is 10.5. The Labute approximate surface area is 79.5 Å². The van der Waals surface area contributed by atoms with Gasteiger partial charge in [0.1, 0.15) is 0 Å². The predicted molar refractivity (Wildman–Crippen MR) is 52.6 cm³/mol. The predicted octanol–water partition coefficient (Wildman–Crippen LogP) is -0.536. The van der Waals surface area contributed by atoms with Crippen molar-refractivity contribution in [1.29, 1.82) is 0 Å². The molecule has 0 radical (unpaired) electrons. The third-order valence-electron chi connectivity index (χ3n) is 2.23. The van der Waals surface area contributed by atoms with Gasteiger partial charge in [-0.25, -0.2) is 0 Å². The molecule has 0 saturated carbocycles. The fraction of sp³-hybridized carbons (Fsp3) is 0.889. The third-order valence-corrected chi connectivity index (χ3v) is 2.23. The molecular weight excluding hydrogens is 166 g/mol. The summed E-state index contributed by atoms with van der Waals surface area (Å²) in [5, 5.41) is 9.46. The van der Waals surface area contributed by atoms with Crippen LogP contribution < -0.4 is 16.0 Å². The van der Waals surface area contributed by atoms with E-state index >= 15 is 0 Å². The zero-order valence-corrected chi connectivity index (χ0v) is 8.23. The maximum atomic E-state index is 10.5. The van der Waals surface area contributed by atoms with Gasteiger partial charge in [0, 0.05) is 32.6 Å². The molecule has 13 heavy (non-hydrogen) atoms. The van der Waals surface area contributed by atoms with Gasteiger partial charge in [0.25, 0.3) is 0 Å². The van der Waals surface area contributed by atoms with E-state index in [1.165, 1.54) is 12.8 Å². The monoisotopic (exact) mass is 185 g/mol. The summed E-state index contributed by atoms with van der Waals surface area (Å²) in [5.41, 5.74) is 0. The summed E-state index contributed by atoms with van der Waals surface area (Å²) in [5.74, 6) is 0.0424. The van der Waals surface area contributed by atoms with Crippen LogP contribution in [0.5, 0.6) is 0 Å². The van der Waals surface area contributed by atoms with E-state index in [-0.39, 0.29) is 5.91 Å². The molecular formula is C9H19N3O. The number of hydrogen-bond donors (Lipinski definition) is 3. The highest BCUT2D eigenvalue weighted by molar-refractivity contribution is 5.72. The molecule has 1 fully saturated rings. The summed E-state index contributed by atoms with van der Waals surface area (Å²) in [7, 11) is 0. The Bertz CT molecular complexity index is 155. The van der Waals surface area contributed by atoms with Crippen molar-refractivity contribution < 1.29 is 4.79 Å². The summed E-state index contributed by atoms with van der Waals surface area (Å²) in [6.07, 6.45) is 2.56. The van der Waals surface area contributed by atoms with Crippen molar-refractivity contribution in [3.63, 3.8) is 0 Å². The van der Waals surface area contributed by atoms with Gasteiger partial charge in [0.2, 0.25) is 5.91 Å². The van der Waals surface area contributed by atoms with E-state index < -0.39 is 0 Å². The lowest BCUT2D eigenvalue weighted by Gasteiger charge is -2.11. The Balaban J connectivity index is 1.86. The molecule has 3 N–H and O–H groups in total. The SMILES string of the molecule is CC(=O)NCCNCC1CCCN1. The summed E-state index contributed by atoms with van der Waals surface area (Å²) in [6, 6.07) is 0.636. The van der Waals surface area contributed by atoms with Crippen molar-refractivity contribution in [3.05, 3.63) is 0 Å². The molecule has 0 spiro atoms. The van der Waals surface area contributed by atoms with E-state index in [2.05, 4.69) is 16.0 Å². The van der Waals surface area contributed by atoms with Crippen LogP contribution >= 0.6 is 0 Å². The van der Waals surface area contributed by atoms with Crippen molar-refractivity contribution in [3.8, 4) is 0 Å². The molecule has 1 unspecified atom stereocenters. The highest BCUT2D eigenvalue weighted by Crippen LogP contribution is 2.02. The number of carbonyl (C=O) groups excluding carboxylic acids is 1. The quantitative estimate of drug-likeness (QED) is 0.504. The van der Waals surface area contributed by atoms with E-state index in [9.17, 15) is 4.79 Å². The maximum absolute atomic E-state index is 10.5. The van der Waals surface area contributed by atoms with E-state index in [1.807, 2.05) is 0 Å². The molecule has 1 aliphatic heterocycles. The highest BCUT2D eigenvalue weighted by atomic mass is 16.1. The second-order valence-corrected chi connectivity index (χ2v) is 3.48. The van der Waals surface area contributed by atoms with E-state index in [0.29, 0.717) is 6.04 Å². The Morgan fingerprint density at radius 1 is 1.54 bits per heavy atom. The second-order valence-electron chi connectivity index (χ2n) is 3.48. The summed E-state index contributed by atoms with van der Waals surface area (Å²) in [4.78, 5) is 10.5. The zero-order valence-electron chi connectivity index (χ0n) is 8.23. The lowest BCUT2D eigenvalue weighted by atomic mass is 10.2. The molecule has 1 amide bonds. The molecule has 1 aliphatic rings. The molecule has 4 nitrogen and oxygen atoms in total. The van der Waals surface area contributed by atoms with Gasteiger partial charge < -0.3 is 16.0 Å². The van der Waals surface area contributed by atoms with Crippen molar-refractivity contribution in [2.75, 3.05) is 26.2 Å². The first-order valence-electron chi connectivity index (χ1n) is 4.97. The number of hydrogen-bond acceptors (Lipinski definition) is 3. The molecule has 0 aromatic rings. The van der Waals surface area contributed by atoms with Crippen LogP contribution in [0.15, 0.2) is 0 Å². The molecule has 0 aliphatic carbocycles. The van der Waals surface area contributed by atoms with Crippen molar-refractivity contribution in [1.82, 2.24) is 16.0 Å². The molecule has 0 aromatic heterocycles. The molecule has 0 bridgehead atoms. The number of nitrogens with one attached hydrogen (secondary N) is 3. The topological polar surface area (TPSA) is 53.2 Å². The van der Waals surface area contributed by atoms with E-state index in [0.717, 1.165) is 26.2 Å². The Hall–Kier alpha value is -0.610. The average Bonchev–Trinajstić information content (AvgIpc) is 2.55. The summed E-state index contributed by atoms with van der Waals surface area (Å²) in [6.45, 7) is 5.29. The van der Waals surface area contributed by atoms with Crippen LogP contribution in [0, 0.1) is 0 Å². The van der Waals surface area contributed by atoms with Gasteiger partial charge in [-0.2, -0.15) is 0 Å². The second kappa shape index (κ2) is 5.94. The summed E-state index contributed by atoms with van der Waals surface area (Å²) < 4.78 is 0. The third kappa shape index (κ3) is 4.85. The first-order chi connectivity index (χ1) is 6.29. The fourth-order valence-electron chi connectivity index (χ4n) is 1.53. The van der Waals surface area contributed by atoms with Crippen molar-refractivity contribution >= 4 is 5.91 Å². The van der Waals surface area contributed by atoms with Crippen LogP contribution in [-0.2, 0) is 4.79 Å². The minimum Gasteiger partial charge on any atom is -0.355 e. The molecule has 1 heterocycles. The zero-order chi connectivity index (χ0) is 9.52. The molecule has 1 rings (SSSR count). The van der Waals surface area contributed by atoms with Crippen LogP contribution in [0.4, 0.5) is 0 Å². The lowest BCUT2D eigenvalue weighted by Crippen LogP contribution is -2.37. The molecule has 1 atom stereocenters. The van der Waals surface area contributed by atoms with E-state index in [1.54, 1.807) is 6.92 Å².